The summed E-state index contributed by atoms with van der Waals surface area (Å²) in [4.78, 5) is 26.4. The van der Waals surface area contributed by atoms with Gasteiger partial charge in [-0.2, -0.15) is 4.31 Å². The van der Waals surface area contributed by atoms with Crippen molar-refractivity contribution >= 4 is 39.3 Å². The summed E-state index contributed by atoms with van der Waals surface area (Å²) in [5.74, 6) is -0.142. The second-order valence-corrected chi connectivity index (χ2v) is 11.0. The molecule has 0 N–H and O–H groups in total. The number of ether oxygens (including phenoxy) is 1. The number of sulfonamides is 1. The first kappa shape index (κ1) is 22.8. The van der Waals surface area contributed by atoms with Gasteiger partial charge in [-0.05, 0) is 48.9 Å². The molecule has 4 rings (SSSR count). The third-order valence-electron chi connectivity index (χ3n) is 5.97. The van der Waals surface area contributed by atoms with Gasteiger partial charge in [0.2, 0.25) is 15.9 Å². The van der Waals surface area contributed by atoms with Crippen LogP contribution >= 0.6 is 11.8 Å². The van der Waals surface area contributed by atoms with Crippen LogP contribution in [0.25, 0.3) is 0 Å². The van der Waals surface area contributed by atoms with Crippen molar-refractivity contribution in [1.82, 2.24) is 4.31 Å². The number of nitrogens with zero attached hydrogens (tertiary/aromatic N) is 2. The number of esters is 1. The van der Waals surface area contributed by atoms with Gasteiger partial charge in [-0.25, -0.2) is 8.42 Å². The number of piperidine rings is 1. The minimum atomic E-state index is -3.70. The van der Waals surface area contributed by atoms with E-state index in [2.05, 4.69) is 12.1 Å². The summed E-state index contributed by atoms with van der Waals surface area (Å²) in [6, 6.07) is 15.1. The molecule has 0 aromatic heterocycles. The summed E-state index contributed by atoms with van der Waals surface area (Å²) in [5, 5.41) is 0. The van der Waals surface area contributed by atoms with E-state index in [-0.39, 0.29) is 23.1 Å². The largest absolute Gasteiger partial charge is 0.468 e. The molecule has 2 heterocycles. The number of carbonyl (C=O) groups excluding carboxylic acids is 2. The van der Waals surface area contributed by atoms with E-state index in [0.717, 1.165) is 24.2 Å². The maximum absolute atomic E-state index is 13.3. The Morgan fingerprint density at radius 1 is 1.12 bits per heavy atom. The summed E-state index contributed by atoms with van der Waals surface area (Å²) in [5.41, 5.74) is 1.72. The number of rotatable bonds is 6. The van der Waals surface area contributed by atoms with Crippen molar-refractivity contribution in [3.63, 3.8) is 0 Å². The average Bonchev–Trinajstić information content (AvgIpc) is 2.81. The van der Waals surface area contributed by atoms with Crippen molar-refractivity contribution in [3.8, 4) is 0 Å². The second kappa shape index (κ2) is 9.64. The number of benzene rings is 2. The summed E-state index contributed by atoms with van der Waals surface area (Å²) >= 11 is 1.34. The Labute approximate surface area is 192 Å². The molecule has 1 saturated heterocycles. The van der Waals surface area contributed by atoms with Gasteiger partial charge in [0, 0.05) is 18.0 Å². The molecule has 9 heteroatoms. The normalized spacial score (nSPS) is 17.8. The summed E-state index contributed by atoms with van der Waals surface area (Å²) in [7, 11) is -2.44. The van der Waals surface area contributed by atoms with Crippen LogP contribution in [0.5, 0.6) is 0 Å². The minimum Gasteiger partial charge on any atom is -0.468 e. The van der Waals surface area contributed by atoms with E-state index in [1.807, 2.05) is 18.2 Å². The van der Waals surface area contributed by atoms with Gasteiger partial charge in [-0.1, -0.05) is 30.3 Å². The molecule has 2 aliphatic heterocycles. The molecule has 0 atom stereocenters. The first-order valence-corrected chi connectivity index (χ1v) is 13.0. The molecule has 0 bridgehead atoms. The zero-order valence-electron chi connectivity index (χ0n) is 17.9. The van der Waals surface area contributed by atoms with Crippen molar-refractivity contribution < 1.29 is 22.7 Å². The molecule has 7 nitrogen and oxygen atoms in total. The first-order chi connectivity index (χ1) is 15.4. The zero-order valence-corrected chi connectivity index (χ0v) is 19.5. The lowest BCUT2D eigenvalue weighted by atomic mass is 9.91. The molecule has 0 spiro atoms. The minimum absolute atomic E-state index is 0.142. The Morgan fingerprint density at radius 2 is 1.84 bits per heavy atom. The number of methoxy groups -OCH3 is 1. The van der Waals surface area contributed by atoms with Crippen molar-refractivity contribution in [2.24, 2.45) is 5.92 Å². The lowest BCUT2D eigenvalue weighted by molar-refractivity contribution is -0.139. The third-order valence-corrected chi connectivity index (χ3v) is 8.91. The first-order valence-electron chi connectivity index (χ1n) is 10.6. The smallest absolute Gasteiger partial charge is 0.325 e. The van der Waals surface area contributed by atoms with E-state index in [1.54, 1.807) is 12.1 Å². The van der Waals surface area contributed by atoms with Crippen molar-refractivity contribution in [1.29, 1.82) is 0 Å². The van der Waals surface area contributed by atoms with Crippen LogP contribution in [0.2, 0.25) is 0 Å². The quantitative estimate of drug-likeness (QED) is 0.599. The highest BCUT2D eigenvalue weighted by atomic mass is 32.2. The van der Waals surface area contributed by atoms with Crippen LogP contribution < -0.4 is 4.90 Å². The van der Waals surface area contributed by atoms with Crippen LogP contribution in [0.15, 0.2) is 58.3 Å². The van der Waals surface area contributed by atoms with Gasteiger partial charge in [0.15, 0.2) is 0 Å². The number of amides is 1. The van der Waals surface area contributed by atoms with Gasteiger partial charge in [0.1, 0.15) is 6.54 Å². The highest BCUT2D eigenvalue weighted by Crippen LogP contribution is 2.38. The molecule has 0 aliphatic carbocycles. The molecule has 2 aromatic rings. The van der Waals surface area contributed by atoms with E-state index >= 15 is 0 Å². The summed E-state index contributed by atoms with van der Waals surface area (Å²) < 4.78 is 32.9. The number of hydrogen-bond acceptors (Lipinski definition) is 6. The van der Waals surface area contributed by atoms with Crippen molar-refractivity contribution in [2.75, 3.05) is 37.4 Å². The van der Waals surface area contributed by atoms with Crippen LogP contribution in [0.1, 0.15) is 18.4 Å². The SMILES string of the molecule is COC(=O)CN1C(=O)CSc2ccc(S(=O)(=O)N3CCC(Cc4ccccc4)CC3)cc21. The molecule has 0 unspecified atom stereocenters. The van der Waals surface area contributed by atoms with E-state index in [4.69, 9.17) is 4.74 Å². The van der Waals surface area contributed by atoms with Gasteiger partial charge in [-0.3, -0.25) is 14.5 Å². The van der Waals surface area contributed by atoms with Gasteiger partial charge in [0.05, 0.1) is 23.4 Å². The monoisotopic (exact) mass is 474 g/mol. The molecule has 1 amide bonds. The molecular formula is C23H26N2O5S2. The highest BCUT2D eigenvalue weighted by molar-refractivity contribution is 8.00. The number of thioether (sulfide) groups is 1. The second-order valence-electron chi connectivity index (χ2n) is 8.01. The number of hydrogen-bond donors (Lipinski definition) is 0. The topological polar surface area (TPSA) is 84.0 Å². The Hall–Kier alpha value is -2.36. The average molecular weight is 475 g/mol. The van der Waals surface area contributed by atoms with E-state index in [0.29, 0.717) is 24.7 Å². The van der Waals surface area contributed by atoms with E-state index < -0.39 is 16.0 Å². The van der Waals surface area contributed by atoms with E-state index in [9.17, 15) is 18.0 Å². The maximum Gasteiger partial charge on any atom is 0.325 e. The molecule has 170 valence electrons. The lowest BCUT2D eigenvalue weighted by Crippen LogP contribution is -2.40. The molecular weight excluding hydrogens is 448 g/mol. The fraction of sp³-hybridized carbons (Fsp3) is 0.391. The molecule has 2 aliphatic rings. The predicted molar refractivity (Wildman–Crippen MR) is 123 cm³/mol. The Kier molecular flexibility index (Phi) is 6.88. The lowest BCUT2D eigenvalue weighted by Gasteiger charge is -2.32. The third kappa shape index (κ3) is 4.84. The van der Waals surface area contributed by atoms with Crippen molar-refractivity contribution in [2.45, 2.75) is 29.1 Å². The van der Waals surface area contributed by atoms with Crippen LogP contribution in [-0.2, 0) is 30.8 Å². The van der Waals surface area contributed by atoms with Crippen LogP contribution in [0.3, 0.4) is 0 Å². The molecule has 2 aromatic carbocycles. The predicted octanol–water partition coefficient (Wildman–Crippen LogP) is 2.94. The number of carbonyl (C=O) groups is 2. The fourth-order valence-electron chi connectivity index (χ4n) is 4.16. The van der Waals surface area contributed by atoms with Gasteiger partial charge in [0.25, 0.3) is 0 Å². The molecule has 1 fully saturated rings. The summed E-state index contributed by atoms with van der Waals surface area (Å²) in [6.45, 7) is 0.699. The van der Waals surface area contributed by atoms with Gasteiger partial charge >= 0.3 is 5.97 Å². The van der Waals surface area contributed by atoms with Gasteiger partial charge < -0.3 is 4.74 Å². The van der Waals surface area contributed by atoms with Crippen molar-refractivity contribution in [3.05, 3.63) is 54.1 Å². The standard InChI is InChI=1S/C23H26N2O5S2/c1-30-23(27)15-25-20-14-19(7-8-21(20)31-16-22(25)26)32(28,29)24-11-9-18(10-12-24)13-17-5-3-2-4-6-17/h2-8,14,18H,9-13,15-16H2,1H3. The zero-order chi connectivity index (χ0) is 22.7. The van der Waals surface area contributed by atoms with Gasteiger partial charge in [-0.15, -0.1) is 11.8 Å². The van der Waals surface area contributed by atoms with Crippen LogP contribution in [0, 0.1) is 5.92 Å². The molecule has 0 radical (unpaired) electrons. The number of anilines is 1. The molecule has 32 heavy (non-hydrogen) atoms. The Morgan fingerprint density at radius 3 is 2.53 bits per heavy atom. The number of fused-ring (bicyclic) bond motifs is 1. The Balaban J connectivity index is 1.50. The van der Waals surface area contributed by atoms with Crippen LogP contribution in [-0.4, -0.2) is 57.1 Å². The van der Waals surface area contributed by atoms with Crippen LogP contribution in [0.4, 0.5) is 5.69 Å². The van der Waals surface area contributed by atoms with E-state index in [1.165, 1.54) is 39.7 Å². The maximum atomic E-state index is 13.3. The fourth-order valence-corrected chi connectivity index (χ4v) is 6.57. The summed E-state index contributed by atoms with van der Waals surface area (Å²) in [6.07, 6.45) is 2.57. The molecule has 0 saturated carbocycles. The highest BCUT2D eigenvalue weighted by Gasteiger charge is 2.32. The Bertz CT molecular complexity index is 1100.